The second kappa shape index (κ2) is 5.91. The molecule has 3 heteroatoms. The molecule has 0 saturated carbocycles. The van der Waals surface area contributed by atoms with E-state index >= 15 is 0 Å². The van der Waals surface area contributed by atoms with Gasteiger partial charge in [0, 0.05) is 23.1 Å². The second-order valence-corrected chi connectivity index (χ2v) is 4.51. The fraction of sp³-hybridized carbons (Fsp3) is 0.467. The number of hydrogen-bond donors (Lipinski definition) is 1. The van der Waals surface area contributed by atoms with Gasteiger partial charge >= 0.3 is 0 Å². The number of hydrogen-bond acceptors (Lipinski definition) is 2. The minimum atomic E-state index is 0.928. The van der Waals surface area contributed by atoms with Crippen LogP contribution < -0.4 is 10.1 Å². The van der Waals surface area contributed by atoms with Gasteiger partial charge in [0.2, 0.25) is 0 Å². The van der Waals surface area contributed by atoms with Gasteiger partial charge in [0.1, 0.15) is 5.75 Å². The first kappa shape index (κ1) is 13.0. The number of benzene rings is 1. The molecule has 0 aliphatic rings. The van der Waals surface area contributed by atoms with E-state index in [1.54, 1.807) is 7.11 Å². The molecule has 1 heterocycles. The Bertz CT molecular complexity index is 516. The Morgan fingerprint density at radius 2 is 2.11 bits per heavy atom. The fourth-order valence-corrected chi connectivity index (χ4v) is 2.46. The topological polar surface area (TPSA) is 26.2 Å². The van der Waals surface area contributed by atoms with Gasteiger partial charge in [0.15, 0.2) is 0 Å². The maximum Gasteiger partial charge on any atom is 0.119 e. The number of aromatic nitrogens is 1. The number of aryl methyl sites for hydroxylation is 2. The third-order valence-corrected chi connectivity index (χ3v) is 3.37. The predicted octanol–water partition coefficient (Wildman–Crippen LogP) is 2.82. The molecular weight excluding hydrogens is 224 g/mol. The van der Waals surface area contributed by atoms with Crippen LogP contribution in [0.4, 0.5) is 0 Å². The number of rotatable bonds is 6. The highest BCUT2D eigenvalue weighted by molar-refractivity contribution is 5.83. The number of nitrogens with zero attached hydrogens (tertiary/aromatic N) is 1. The van der Waals surface area contributed by atoms with Crippen molar-refractivity contribution in [3.05, 3.63) is 30.0 Å². The molecular formula is C15H22N2O. The Hall–Kier alpha value is -1.48. The highest BCUT2D eigenvalue weighted by Crippen LogP contribution is 2.25. The monoisotopic (exact) mass is 246 g/mol. The van der Waals surface area contributed by atoms with Crippen LogP contribution >= 0.6 is 0 Å². The van der Waals surface area contributed by atoms with E-state index in [0.717, 1.165) is 25.3 Å². The molecule has 1 N–H and O–H groups in total. The summed E-state index contributed by atoms with van der Waals surface area (Å²) >= 11 is 0. The van der Waals surface area contributed by atoms with Crippen LogP contribution in [0, 0.1) is 0 Å². The predicted molar refractivity (Wildman–Crippen MR) is 76.4 cm³/mol. The van der Waals surface area contributed by atoms with Crippen LogP contribution in [-0.4, -0.2) is 25.3 Å². The van der Waals surface area contributed by atoms with Gasteiger partial charge in [-0.15, -0.1) is 0 Å². The van der Waals surface area contributed by atoms with Crippen molar-refractivity contribution in [3.63, 3.8) is 0 Å². The summed E-state index contributed by atoms with van der Waals surface area (Å²) in [5.41, 5.74) is 2.72. The highest BCUT2D eigenvalue weighted by Gasteiger charge is 2.08. The third kappa shape index (κ3) is 2.51. The number of fused-ring (bicyclic) bond motifs is 1. The van der Waals surface area contributed by atoms with Gasteiger partial charge in [-0.25, -0.2) is 0 Å². The van der Waals surface area contributed by atoms with Gasteiger partial charge in [0.25, 0.3) is 0 Å². The fourth-order valence-electron chi connectivity index (χ4n) is 2.46. The van der Waals surface area contributed by atoms with Crippen molar-refractivity contribution in [2.45, 2.75) is 26.3 Å². The summed E-state index contributed by atoms with van der Waals surface area (Å²) in [5, 5.41) is 4.47. The van der Waals surface area contributed by atoms with Crippen molar-refractivity contribution in [1.29, 1.82) is 0 Å². The first-order valence-corrected chi connectivity index (χ1v) is 6.61. The molecule has 2 rings (SSSR count). The van der Waals surface area contributed by atoms with Gasteiger partial charge in [-0.05, 0) is 57.6 Å². The molecule has 0 fully saturated rings. The van der Waals surface area contributed by atoms with Crippen molar-refractivity contribution in [3.8, 4) is 5.75 Å². The lowest BCUT2D eigenvalue weighted by atomic mass is 10.2. The van der Waals surface area contributed by atoms with E-state index in [-0.39, 0.29) is 0 Å². The molecule has 2 aromatic rings. The van der Waals surface area contributed by atoms with Crippen molar-refractivity contribution in [2.24, 2.45) is 0 Å². The molecule has 0 aliphatic carbocycles. The van der Waals surface area contributed by atoms with Crippen LogP contribution in [0.15, 0.2) is 24.3 Å². The standard InChI is InChI=1S/C15H22N2O/c1-4-17-13(6-5-9-16-2)10-12-11-14(18-3)7-8-15(12)17/h7-8,10-11,16H,4-6,9H2,1-3H3. The zero-order valence-electron chi connectivity index (χ0n) is 11.5. The minimum absolute atomic E-state index is 0.928. The van der Waals surface area contributed by atoms with Crippen LogP contribution in [-0.2, 0) is 13.0 Å². The summed E-state index contributed by atoms with van der Waals surface area (Å²) in [5.74, 6) is 0.928. The third-order valence-electron chi connectivity index (χ3n) is 3.37. The quantitative estimate of drug-likeness (QED) is 0.793. The Morgan fingerprint density at radius 3 is 2.78 bits per heavy atom. The van der Waals surface area contributed by atoms with Gasteiger partial charge in [0.05, 0.1) is 7.11 Å². The van der Waals surface area contributed by atoms with Crippen molar-refractivity contribution in [1.82, 2.24) is 9.88 Å². The molecule has 0 spiro atoms. The van der Waals surface area contributed by atoms with E-state index in [1.807, 2.05) is 13.1 Å². The van der Waals surface area contributed by atoms with Crippen molar-refractivity contribution in [2.75, 3.05) is 20.7 Å². The molecule has 0 atom stereocenters. The summed E-state index contributed by atoms with van der Waals surface area (Å²) < 4.78 is 7.68. The largest absolute Gasteiger partial charge is 0.497 e. The van der Waals surface area contributed by atoms with Gasteiger partial charge < -0.3 is 14.6 Å². The summed E-state index contributed by atoms with van der Waals surface area (Å²) in [6.45, 7) is 4.28. The lowest BCUT2D eigenvalue weighted by molar-refractivity contribution is 0.415. The van der Waals surface area contributed by atoms with Gasteiger partial charge in [-0.2, -0.15) is 0 Å². The molecule has 0 bridgehead atoms. The summed E-state index contributed by atoms with van der Waals surface area (Å²) in [6.07, 6.45) is 2.29. The Kier molecular flexibility index (Phi) is 4.26. The molecule has 0 amide bonds. The Balaban J connectivity index is 2.34. The number of nitrogens with one attached hydrogen (secondary N) is 1. The van der Waals surface area contributed by atoms with E-state index < -0.39 is 0 Å². The normalized spacial score (nSPS) is 11.1. The van der Waals surface area contributed by atoms with Crippen LogP contribution in [0.5, 0.6) is 5.75 Å². The van der Waals surface area contributed by atoms with E-state index in [0.29, 0.717) is 0 Å². The SMILES string of the molecule is CCn1c(CCCNC)cc2cc(OC)ccc21. The molecule has 3 nitrogen and oxygen atoms in total. The molecule has 0 aliphatic heterocycles. The number of methoxy groups -OCH3 is 1. The van der Waals surface area contributed by atoms with Gasteiger partial charge in [-0.1, -0.05) is 0 Å². The Labute approximate surface area is 109 Å². The smallest absolute Gasteiger partial charge is 0.119 e. The zero-order valence-corrected chi connectivity index (χ0v) is 11.5. The summed E-state index contributed by atoms with van der Waals surface area (Å²) in [6, 6.07) is 8.59. The average Bonchev–Trinajstić information content (AvgIpc) is 2.75. The van der Waals surface area contributed by atoms with Crippen LogP contribution in [0.2, 0.25) is 0 Å². The molecule has 98 valence electrons. The zero-order chi connectivity index (χ0) is 13.0. The summed E-state index contributed by atoms with van der Waals surface area (Å²) in [7, 11) is 3.71. The first-order valence-electron chi connectivity index (χ1n) is 6.61. The van der Waals surface area contributed by atoms with E-state index in [1.165, 1.54) is 23.0 Å². The molecule has 0 radical (unpaired) electrons. The lowest BCUT2D eigenvalue weighted by Gasteiger charge is -2.08. The van der Waals surface area contributed by atoms with Crippen LogP contribution in [0.1, 0.15) is 19.0 Å². The van der Waals surface area contributed by atoms with Gasteiger partial charge in [-0.3, -0.25) is 0 Å². The maximum absolute atomic E-state index is 5.28. The van der Waals surface area contributed by atoms with Crippen LogP contribution in [0.25, 0.3) is 10.9 Å². The molecule has 1 aromatic heterocycles. The van der Waals surface area contributed by atoms with Crippen molar-refractivity contribution < 1.29 is 4.74 Å². The molecule has 0 unspecified atom stereocenters. The molecule has 18 heavy (non-hydrogen) atoms. The maximum atomic E-state index is 5.28. The second-order valence-electron chi connectivity index (χ2n) is 4.51. The lowest BCUT2D eigenvalue weighted by Crippen LogP contribution is -2.10. The number of ether oxygens (including phenoxy) is 1. The van der Waals surface area contributed by atoms with Crippen molar-refractivity contribution >= 4 is 10.9 Å². The van der Waals surface area contributed by atoms with E-state index in [9.17, 15) is 0 Å². The minimum Gasteiger partial charge on any atom is -0.497 e. The molecule has 1 aromatic carbocycles. The van der Waals surface area contributed by atoms with E-state index in [4.69, 9.17) is 4.74 Å². The summed E-state index contributed by atoms with van der Waals surface area (Å²) in [4.78, 5) is 0. The highest BCUT2D eigenvalue weighted by atomic mass is 16.5. The van der Waals surface area contributed by atoms with E-state index in [2.05, 4.69) is 35.0 Å². The molecule has 0 saturated heterocycles. The first-order chi connectivity index (χ1) is 8.80. The Morgan fingerprint density at radius 1 is 1.28 bits per heavy atom. The average molecular weight is 246 g/mol. The van der Waals surface area contributed by atoms with Crippen LogP contribution in [0.3, 0.4) is 0 Å².